The van der Waals surface area contributed by atoms with Gasteiger partial charge >= 0.3 is 0 Å². The zero-order chi connectivity index (χ0) is 21.2. The summed E-state index contributed by atoms with van der Waals surface area (Å²) in [6.45, 7) is 2.69. The fourth-order valence-electron chi connectivity index (χ4n) is 3.15. The second-order valence-electron chi connectivity index (χ2n) is 7.10. The summed E-state index contributed by atoms with van der Waals surface area (Å²) in [6.07, 6.45) is 0.752. The molecule has 3 aromatic rings. The minimum absolute atomic E-state index is 0.0495. The zero-order valence-corrected chi connectivity index (χ0v) is 17.1. The highest BCUT2D eigenvalue weighted by Gasteiger charge is 2.13. The van der Waals surface area contributed by atoms with E-state index in [2.05, 4.69) is 16.0 Å². The third kappa shape index (κ3) is 6.29. The predicted octanol–water partition coefficient (Wildman–Crippen LogP) is 3.95. The number of hydrogen-bond acceptors (Lipinski definition) is 3. The van der Waals surface area contributed by atoms with Gasteiger partial charge in [0.2, 0.25) is 5.91 Å². The highest BCUT2D eigenvalue weighted by Crippen LogP contribution is 2.15. The Kier molecular flexibility index (Phi) is 7.75. The Morgan fingerprint density at radius 1 is 0.833 bits per heavy atom. The molecule has 1 atom stereocenters. The summed E-state index contributed by atoms with van der Waals surface area (Å²) in [6, 6.07) is 27.0. The highest BCUT2D eigenvalue weighted by molar-refractivity contribution is 6.04. The van der Waals surface area contributed by atoms with Crippen LogP contribution in [-0.2, 0) is 11.2 Å². The number of anilines is 1. The number of para-hydroxylation sites is 1. The Balaban J connectivity index is 1.52. The number of rotatable bonds is 9. The monoisotopic (exact) mass is 401 g/mol. The third-order valence-corrected chi connectivity index (χ3v) is 4.86. The summed E-state index contributed by atoms with van der Waals surface area (Å²) in [4.78, 5) is 25.0. The lowest BCUT2D eigenvalue weighted by atomic mass is 10.1. The lowest BCUT2D eigenvalue weighted by Crippen LogP contribution is -2.31. The van der Waals surface area contributed by atoms with Crippen LogP contribution in [0, 0.1) is 0 Å². The molecule has 0 unspecified atom stereocenters. The molecule has 0 heterocycles. The van der Waals surface area contributed by atoms with Gasteiger partial charge < -0.3 is 16.0 Å². The van der Waals surface area contributed by atoms with Crippen molar-refractivity contribution in [3.8, 4) is 0 Å². The van der Waals surface area contributed by atoms with Gasteiger partial charge in [-0.15, -0.1) is 0 Å². The molecule has 0 saturated carbocycles. The molecule has 0 aromatic heterocycles. The van der Waals surface area contributed by atoms with Crippen molar-refractivity contribution in [1.82, 2.24) is 10.6 Å². The van der Waals surface area contributed by atoms with Gasteiger partial charge in [-0.3, -0.25) is 9.59 Å². The molecule has 154 valence electrons. The molecular formula is C25H27N3O2. The number of hydrogen-bond donors (Lipinski definition) is 3. The van der Waals surface area contributed by atoms with Crippen LogP contribution in [0.15, 0.2) is 84.9 Å². The lowest BCUT2D eigenvalue weighted by molar-refractivity contribution is -0.115. The topological polar surface area (TPSA) is 70.2 Å². The van der Waals surface area contributed by atoms with Gasteiger partial charge in [-0.2, -0.15) is 0 Å². The van der Waals surface area contributed by atoms with E-state index in [1.54, 1.807) is 24.3 Å². The molecule has 2 amide bonds. The number of carbonyl (C=O) groups excluding carboxylic acids is 2. The molecule has 5 heteroatoms. The van der Waals surface area contributed by atoms with Crippen LogP contribution in [0.4, 0.5) is 5.69 Å². The van der Waals surface area contributed by atoms with Gasteiger partial charge in [0.15, 0.2) is 0 Å². The van der Waals surface area contributed by atoms with E-state index in [4.69, 9.17) is 0 Å². The fourth-order valence-corrected chi connectivity index (χ4v) is 3.15. The van der Waals surface area contributed by atoms with Crippen LogP contribution in [-0.4, -0.2) is 24.9 Å². The summed E-state index contributed by atoms with van der Waals surface area (Å²) < 4.78 is 0. The van der Waals surface area contributed by atoms with Crippen molar-refractivity contribution < 1.29 is 9.59 Å². The number of nitrogens with one attached hydrogen (secondary N) is 3. The maximum atomic E-state index is 12.6. The van der Waals surface area contributed by atoms with Crippen LogP contribution in [0.5, 0.6) is 0 Å². The summed E-state index contributed by atoms with van der Waals surface area (Å²) >= 11 is 0. The molecule has 0 bridgehead atoms. The molecule has 3 aromatic carbocycles. The molecule has 3 rings (SSSR count). The van der Waals surface area contributed by atoms with Crippen LogP contribution in [0.1, 0.15) is 34.5 Å². The van der Waals surface area contributed by atoms with E-state index in [0.29, 0.717) is 17.8 Å². The van der Waals surface area contributed by atoms with Crippen LogP contribution >= 0.6 is 0 Å². The van der Waals surface area contributed by atoms with E-state index in [1.807, 2.05) is 67.6 Å². The number of amides is 2. The Morgan fingerprint density at radius 3 is 2.20 bits per heavy atom. The Hall–Kier alpha value is -3.44. The molecule has 0 saturated heterocycles. The van der Waals surface area contributed by atoms with Gasteiger partial charge in [0, 0.05) is 12.6 Å². The third-order valence-electron chi connectivity index (χ3n) is 4.86. The number of benzene rings is 3. The SMILES string of the molecule is C[C@H](NCC(=O)Nc1ccccc1C(=O)NCCc1ccccc1)c1ccccc1. The van der Waals surface area contributed by atoms with E-state index in [1.165, 1.54) is 0 Å². The smallest absolute Gasteiger partial charge is 0.253 e. The molecule has 3 N–H and O–H groups in total. The average molecular weight is 402 g/mol. The van der Waals surface area contributed by atoms with E-state index < -0.39 is 0 Å². The second kappa shape index (κ2) is 10.9. The molecule has 0 spiro atoms. The molecule has 5 nitrogen and oxygen atoms in total. The first-order chi connectivity index (χ1) is 14.6. The molecule has 0 fully saturated rings. The van der Waals surface area contributed by atoms with Crippen molar-refractivity contribution in [2.45, 2.75) is 19.4 Å². The Bertz CT molecular complexity index is 958. The molecule has 30 heavy (non-hydrogen) atoms. The van der Waals surface area contributed by atoms with E-state index >= 15 is 0 Å². The maximum Gasteiger partial charge on any atom is 0.253 e. The normalized spacial score (nSPS) is 11.5. The van der Waals surface area contributed by atoms with Crippen LogP contribution < -0.4 is 16.0 Å². The van der Waals surface area contributed by atoms with Crippen LogP contribution in [0.3, 0.4) is 0 Å². The van der Waals surface area contributed by atoms with Crippen molar-refractivity contribution in [3.63, 3.8) is 0 Å². The predicted molar refractivity (Wildman–Crippen MR) is 120 cm³/mol. The molecule has 0 aliphatic rings. The van der Waals surface area contributed by atoms with Crippen molar-refractivity contribution in [3.05, 3.63) is 102 Å². The summed E-state index contributed by atoms with van der Waals surface area (Å²) in [7, 11) is 0. The molecule has 0 radical (unpaired) electrons. The minimum Gasteiger partial charge on any atom is -0.352 e. The summed E-state index contributed by atoms with van der Waals surface area (Å²) in [5, 5.41) is 8.98. The fraction of sp³-hybridized carbons (Fsp3) is 0.200. The summed E-state index contributed by atoms with van der Waals surface area (Å²) in [5.41, 5.74) is 3.24. The average Bonchev–Trinajstić information content (AvgIpc) is 2.79. The zero-order valence-electron chi connectivity index (χ0n) is 17.1. The highest BCUT2D eigenvalue weighted by atomic mass is 16.2. The van der Waals surface area contributed by atoms with E-state index in [9.17, 15) is 9.59 Å². The van der Waals surface area contributed by atoms with Crippen LogP contribution in [0.2, 0.25) is 0 Å². The van der Waals surface area contributed by atoms with Crippen molar-refractivity contribution >= 4 is 17.5 Å². The van der Waals surface area contributed by atoms with E-state index in [-0.39, 0.29) is 24.4 Å². The minimum atomic E-state index is -0.201. The largest absolute Gasteiger partial charge is 0.352 e. The van der Waals surface area contributed by atoms with Crippen molar-refractivity contribution in [1.29, 1.82) is 0 Å². The van der Waals surface area contributed by atoms with E-state index in [0.717, 1.165) is 17.5 Å². The van der Waals surface area contributed by atoms with Gasteiger partial charge in [0.25, 0.3) is 5.91 Å². The Morgan fingerprint density at radius 2 is 1.47 bits per heavy atom. The first kappa shape index (κ1) is 21.3. The van der Waals surface area contributed by atoms with Gasteiger partial charge in [-0.1, -0.05) is 72.8 Å². The molecule has 0 aliphatic carbocycles. The van der Waals surface area contributed by atoms with Crippen molar-refractivity contribution in [2.75, 3.05) is 18.4 Å². The molecule has 0 aliphatic heterocycles. The maximum absolute atomic E-state index is 12.6. The van der Waals surface area contributed by atoms with Gasteiger partial charge in [-0.05, 0) is 36.6 Å². The first-order valence-corrected chi connectivity index (χ1v) is 10.1. The quantitative estimate of drug-likeness (QED) is 0.508. The first-order valence-electron chi connectivity index (χ1n) is 10.1. The van der Waals surface area contributed by atoms with Crippen molar-refractivity contribution in [2.24, 2.45) is 0 Å². The standard InChI is InChI=1S/C25H27N3O2/c1-19(21-12-6-3-7-13-21)27-18-24(29)28-23-15-9-8-14-22(23)25(30)26-17-16-20-10-4-2-5-11-20/h2-15,19,27H,16-18H2,1H3,(H,26,30)(H,28,29)/t19-/m0/s1. The van der Waals surface area contributed by atoms with Gasteiger partial charge in [0.05, 0.1) is 17.8 Å². The van der Waals surface area contributed by atoms with Crippen LogP contribution in [0.25, 0.3) is 0 Å². The summed E-state index contributed by atoms with van der Waals surface area (Å²) in [5.74, 6) is -0.394. The number of carbonyl (C=O) groups is 2. The second-order valence-corrected chi connectivity index (χ2v) is 7.10. The lowest BCUT2D eigenvalue weighted by Gasteiger charge is -2.15. The van der Waals surface area contributed by atoms with Gasteiger partial charge in [-0.25, -0.2) is 0 Å². The Labute approximate surface area is 177 Å². The van der Waals surface area contributed by atoms with Gasteiger partial charge in [0.1, 0.15) is 0 Å². The molecular weight excluding hydrogens is 374 g/mol.